The normalized spacial score (nSPS) is 22.9. The Hall–Kier alpha value is -0.500. The summed E-state index contributed by atoms with van der Waals surface area (Å²) < 4.78 is 37.0. The molecule has 17 heavy (non-hydrogen) atoms. The SMILES string of the molecule is CC[C@@H](C(N)=O)N1CC(CC(F)(F)F)SC1=S. The van der Waals surface area contributed by atoms with Gasteiger partial charge in [0.15, 0.2) is 0 Å². The maximum atomic E-state index is 12.2. The van der Waals surface area contributed by atoms with Gasteiger partial charge < -0.3 is 10.6 Å². The van der Waals surface area contributed by atoms with Gasteiger partial charge in [0.05, 0.1) is 6.42 Å². The molecule has 0 aliphatic carbocycles. The molecule has 2 N–H and O–H groups in total. The first-order chi connectivity index (χ1) is 7.74. The van der Waals surface area contributed by atoms with Gasteiger partial charge in [0.2, 0.25) is 5.91 Å². The average Bonchev–Trinajstić information content (AvgIpc) is 2.44. The second-order valence-electron chi connectivity index (χ2n) is 3.80. The van der Waals surface area contributed by atoms with Gasteiger partial charge in [-0.25, -0.2) is 0 Å². The molecule has 0 saturated carbocycles. The Kier molecular flexibility index (Phi) is 4.65. The summed E-state index contributed by atoms with van der Waals surface area (Å²) in [6, 6.07) is -0.603. The fourth-order valence-electron chi connectivity index (χ4n) is 1.74. The highest BCUT2D eigenvalue weighted by Gasteiger charge is 2.40. The van der Waals surface area contributed by atoms with Crippen LogP contribution in [0.15, 0.2) is 0 Å². The van der Waals surface area contributed by atoms with E-state index in [0.29, 0.717) is 10.7 Å². The summed E-state index contributed by atoms with van der Waals surface area (Å²) in [7, 11) is 0. The lowest BCUT2D eigenvalue weighted by molar-refractivity contribution is -0.134. The highest BCUT2D eigenvalue weighted by molar-refractivity contribution is 8.23. The van der Waals surface area contributed by atoms with E-state index >= 15 is 0 Å². The molecule has 1 fully saturated rings. The van der Waals surface area contributed by atoms with E-state index in [1.165, 1.54) is 4.90 Å². The highest BCUT2D eigenvalue weighted by atomic mass is 32.2. The van der Waals surface area contributed by atoms with Gasteiger partial charge in [-0.2, -0.15) is 13.2 Å². The van der Waals surface area contributed by atoms with Gasteiger partial charge in [-0.3, -0.25) is 4.79 Å². The minimum absolute atomic E-state index is 0.129. The second kappa shape index (κ2) is 5.43. The largest absolute Gasteiger partial charge is 0.390 e. The number of nitrogens with two attached hydrogens (primary N) is 1. The van der Waals surface area contributed by atoms with Crippen LogP contribution in [0.3, 0.4) is 0 Å². The van der Waals surface area contributed by atoms with E-state index in [0.717, 1.165) is 11.8 Å². The first kappa shape index (κ1) is 14.6. The molecule has 0 aromatic heterocycles. The second-order valence-corrected chi connectivity index (χ2v) is 5.74. The molecule has 0 aromatic rings. The molecule has 1 heterocycles. The summed E-state index contributed by atoms with van der Waals surface area (Å²) in [5.74, 6) is -0.553. The van der Waals surface area contributed by atoms with Crippen molar-refractivity contribution in [1.29, 1.82) is 0 Å². The Morgan fingerprint density at radius 2 is 2.29 bits per heavy atom. The molecule has 0 bridgehead atoms. The van der Waals surface area contributed by atoms with Crippen LogP contribution in [0.25, 0.3) is 0 Å². The number of carbonyl (C=O) groups is 1. The number of halogens is 3. The van der Waals surface area contributed by atoms with Gasteiger partial charge >= 0.3 is 6.18 Å². The molecular formula is C9H13F3N2OS2. The van der Waals surface area contributed by atoms with Gasteiger partial charge in [-0.05, 0) is 6.42 Å². The Labute approximate surface area is 107 Å². The van der Waals surface area contributed by atoms with Crippen molar-refractivity contribution in [3.05, 3.63) is 0 Å². The van der Waals surface area contributed by atoms with Crippen molar-refractivity contribution < 1.29 is 18.0 Å². The molecule has 0 spiro atoms. The molecule has 1 aliphatic heterocycles. The number of amides is 1. The predicted molar refractivity (Wildman–Crippen MR) is 64.6 cm³/mol. The molecule has 2 atom stereocenters. The van der Waals surface area contributed by atoms with Crippen LogP contribution in [0.5, 0.6) is 0 Å². The van der Waals surface area contributed by atoms with Crippen molar-refractivity contribution in [3.63, 3.8) is 0 Å². The number of hydrogen-bond acceptors (Lipinski definition) is 3. The molecule has 1 unspecified atom stereocenters. The van der Waals surface area contributed by atoms with Gasteiger partial charge in [0.1, 0.15) is 10.4 Å². The zero-order chi connectivity index (χ0) is 13.2. The van der Waals surface area contributed by atoms with Crippen molar-refractivity contribution in [2.45, 2.75) is 37.2 Å². The van der Waals surface area contributed by atoms with Crippen molar-refractivity contribution in [3.8, 4) is 0 Å². The first-order valence-electron chi connectivity index (χ1n) is 5.08. The summed E-state index contributed by atoms with van der Waals surface area (Å²) >= 11 is 5.97. The van der Waals surface area contributed by atoms with Crippen LogP contribution in [-0.2, 0) is 4.79 Å². The van der Waals surface area contributed by atoms with E-state index in [1.54, 1.807) is 6.92 Å². The Bertz CT molecular complexity index is 322. The number of primary amides is 1. The maximum Gasteiger partial charge on any atom is 0.390 e. The fraction of sp³-hybridized carbons (Fsp3) is 0.778. The van der Waals surface area contributed by atoms with E-state index in [9.17, 15) is 18.0 Å². The molecule has 1 aliphatic rings. The Morgan fingerprint density at radius 3 is 2.71 bits per heavy atom. The third-order valence-electron chi connectivity index (χ3n) is 2.45. The van der Waals surface area contributed by atoms with Crippen molar-refractivity contribution >= 4 is 34.2 Å². The van der Waals surface area contributed by atoms with Crippen LogP contribution < -0.4 is 5.73 Å². The summed E-state index contributed by atoms with van der Waals surface area (Å²) in [6.07, 6.45) is -4.67. The van der Waals surface area contributed by atoms with E-state index in [-0.39, 0.29) is 6.54 Å². The van der Waals surface area contributed by atoms with E-state index in [1.807, 2.05) is 0 Å². The number of carbonyl (C=O) groups excluding carboxylic acids is 1. The zero-order valence-electron chi connectivity index (χ0n) is 9.16. The third-order valence-corrected chi connectivity index (χ3v) is 4.06. The summed E-state index contributed by atoms with van der Waals surface area (Å²) in [5, 5.41) is -0.643. The van der Waals surface area contributed by atoms with Crippen molar-refractivity contribution in [2.24, 2.45) is 5.73 Å². The van der Waals surface area contributed by atoms with Crippen LogP contribution in [0.1, 0.15) is 19.8 Å². The van der Waals surface area contributed by atoms with Crippen LogP contribution in [0.2, 0.25) is 0 Å². The highest BCUT2D eigenvalue weighted by Crippen LogP contribution is 2.35. The number of thiocarbonyl (C=S) groups is 1. The summed E-state index contributed by atoms with van der Waals surface area (Å²) in [4.78, 5) is 12.6. The number of hydrogen-bond donors (Lipinski definition) is 1. The standard InChI is InChI=1S/C9H13F3N2OS2/c1-2-6(7(13)15)14-4-5(17-8(14)16)3-9(10,11)12/h5-6H,2-4H2,1H3,(H2,13,15)/t5?,6-/m0/s1. The molecule has 3 nitrogen and oxygen atoms in total. The first-order valence-corrected chi connectivity index (χ1v) is 6.36. The molecule has 1 saturated heterocycles. The van der Waals surface area contributed by atoms with Gasteiger partial charge in [-0.1, -0.05) is 30.9 Å². The number of alkyl halides is 3. The van der Waals surface area contributed by atoms with Crippen LogP contribution in [-0.4, -0.2) is 39.1 Å². The lowest BCUT2D eigenvalue weighted by Gasteiger charge is -2.25. The van der Waals surface area contributed by atoms with Crippen molar-refractivity contribution in [2.75, 3.05) is 6.54 Å². The molecule has 0 radical (unpaired) electrons. The minimum Gasteiger partial charge on any atom is -0.368 e. The Balaban J connectivity index is 2.67. The molecule has 98 valence electrons. The van der Waals surface area contributed by atoms with Crippen LogP contribution in [0, 0.1) is 0 Å². The van der Waals surface area contributed by atoms with Gasteiger partial charge in [0, 0.05) is 11.8 Å². The lowest BCUT2D eigenvalue weighted by Crippen LogP contribution is -2.45. The summed E-state index contributed by atoms with van der Waals surface area (Å²) in [5.41, 5.74) is 5.19. The van der Waals surface area contributed by atoms with Gasteiger partial charge in [-0.15, -0.1) is 0 Å². The molecule has 1 amide bonds. The number of nitrogens with zero attached hydrogens (tertiary/aromatic N) is 1. The average molecular weight is 286 g/mol. The molecule has 0 aromatic carbocycles. The molecule has 8 heteroatoms. The van der Waals surface area contributed by atoms with E-state index < -0.39 is 29.8 Å². The van der Waals surface area contributed by atoms with Gasteiger partial charge in [0.25, 0.3) is 0 Å². The topological polar surface area (TPSA) is 46.3 Å². The Morgan fingerprint density at radius 1 is 1.71 bits per heavy atom. The predicted octanol–water partition coefficient (Wildman–Crippen LogP) is 1.90. The van der Waals surface area contributed by atoms with E-state index in [2.05, 4.69) is 0 Å². The monoisotopic (exact) mass is 286 g/mol. The smallest absolute Gasteiger partial charge is 0.368 e. The van der Waals surface area contributed by atoms with Crippen LogP contribution >= 0.6 is 24.0 Å². The molecule has 1 rings (SSSR count). The summed E-state index contributed by atoms with van der Waals surface area (Å²) in [6.45, 7) is 1.88. The molecular weight excluding hydrogens is 273 g/mol. The number of thioether (sulfide) groups is 1. The third kappa shape index (κ3) is 4.02. The maximum absolute atomic E-state index is 12.2. The minimum atomic E-state index is -4.21. The zero-order valence-corrected chi connectivity index (χ0v) is 10.8. The van der Waals surface area contributed by atoms with E-state index in [4.69, 9.17) is 18.0 Å². The number of rotatable bonds is 4. The van der Waals surface area contributed by atoms with Crippen molar-refractivity contribution in [1.82, 2.24) is 4.90 Å². The quantitative estimate of drug-likeness (QED) is 0.802. The lowest BCUT2D eigenvalue weighted by atomic mass is 10.1. The van der Waals surface area contributed by atoms with Crippen LogP contribution in [0.4, 0.5) is 13.2 Å². The fourth-order valence-corrected chi connectivity index (χ4v) is 3.48.